The van der Waals surface area contributed by atoms with Crippen LogP contribution in [0.25, 0.3) is 0 Å². The van der Waals surface area contributed by atoms with Crippen molar-refractivity contribution in [3.8, 4) is 0 Å². The van der Waals surface area contributed by atoms with Crippen LogP contribution in [-0.2, 0) is 9.53 Å². The van der Waals surface area contributed by atoms with Crippen molar-refractivity contribution in [3.05, 3.63) is 23.8 Å². The first-order valence-corrected chi connectivity index (χ1v) is 13.7. The van der Waals surface area contributed by atoms with Crippen molar-refractivity contribution >= 4 is 5.78 Å². The molecule has 5 heteroatoms. The third kappa shape index (κ3) is 3.37. The van der Waals surface area contributed by atoms with Gasteiger partial charge in [0.05, 0.1) is 24.4 Å². The number of ketones is 1. The highest BCUT2D eigenvalue weighted by atomic mass is 16.5. The van der Waals surface area contributed by atoms with E-state index < -0.39 is 29.3 Å². The number of carbonyl (C=O) groups is 1. The maximum Gasteiger partial charge on any atom is 0.161 e. The second-order valence-corrected chi connectivity index (χ2v) is 14.3. The van der Waals surface area contributed by atoms with Gasteiger partial charge in [0.2, 0.25) is 0 Å². The van der Waals surface area contributed by atoms with Gasteiger partial charge in [-0.05, 0) is 86.5 Å². The average molecular weight is 487 g/mol. The normalized spacial score (nSPS) is 51.3. The number of fused-ring (bicyclic) bond motifs is 5. The Morgan fingerprint density at radius 1 is 1.06 bits per heavy atom. The maximum absolute atomic E-state index is 12.8. The minimum absolute atomic E-state index is 0.0472. The van der Waals surface area contributed by atoms with Crippen molar-refractivity contribution in [3.63, 3.8) is 0 Å². The number of hydrogen-bond acceptors (Lipinski definition) is 5. The molecule has 10 unspecified atom stereocenters. The van der Waals surface area contributed by atoms with E-state index in [1.165, 1.54) is 5.57 Å². The number of aliphatic hydroxyl groups excluding tert-OH is 2. The van der Waals surface area contributed by atoms with Gasteiger partial charge in [-0.3, -0.25) is 4.79 Å². The molecule has 0 amide bonds. The Bertz CT molecular complexity index is 958. The summed E-state index contributed by atoms with van der Waals surface area (Å²) in [6.45, 7) is 15.1. The zero-order valence-electron chi connectivity index (χ0n) is 22.7. The molecule has 2 saturated carbocycles. The second kappa shape index (κ2) is 7.75. The van der Waals surface area contributed by atoms with Gasteiger partial charge in [0.25, 0.3) is 0 Å². The minimum Gasteiger partial charge on any atom is -0.392 e. The van der Waals surface area contributed by atoms with Crippen LogP contribution in [0.4, 0.5) is 0 Å². The average Bonchev–Trinajstić information content (AvgIpc) is 3.11. The van der Waals surface area contributed by atoms with E-state index in [1.54, 1.807) is 13.8 Å². The SMILES string of the molecule is CC(C)(O)C1OCC(C2CC=C3C2(C)CCC2C4(C)C=CC(=O)C(C)(C)C4CC(O)C32C)CC1O. The molecule has 3 fully saturated rings. The molecular formula is C30H46O5. The van der Waals surface area contributed by atoms with E-state index in [1.807, 2.05) is 6.08 Å². The maximum atomic E-state index is 12.8. The number of allylic oxidation sites excluding steroid dienone is 3. The molecular weight excluding hydrogens is 440 g/mol. The summed E-state index contributed by atoms with van der Waals surface area (Å²) in [6.07, 6.45) is 8.95. The van der Waals surface area contributed by atoms with E-state index in [-0.39, 0.29) is 39.8 Å². The predicted octanol–water partition coefficient (Wildman–Crippen LogP) is 4.44. The number of hydrogen-bond donors (Lipinski definition) is 3. The first-order chi connectivity index (χ1) is 16.1. The Balaban J connectivity index is 1.45. The Labute approximate surface area is 211 Å². The van der Waals surface area contributed by atoms with Gasteiger partial charge in [-0.2, -0.15) is 0 Å². The highest BCUT2D eigenvalue weighted by Crippen LogP contribution is 2.72. The van der Waals surface area contributed by atoms with E-state index in [4.69, 9.17) is 4.74 Å². The molecule has 35 heavy (non-hydrogen) atoms. The Morgan fingerprint density at radius 2 is 1.74 bits per heavy atom. The lowest BCUT2D eigenvalue weighted by molar-refractivity contribution is -0.189. The van der Waals surface area contributed by atoms with Gasteiger partial charge in [-0.1, -0.05) is 52.3 Å². The molecule has 5 rings (SSSR count). The summed E-state index contributed by atoms with van der Waals surface area (Å²) in [4.78, 5) is 12.8. The third-order valence-electron chi connectivity index (χ3n) is 11.7. The van der Waals surface area contributed by atoms with Crippen molar-refractivity contribution in [1.29, 1.82) is 0 Å². The van der Waals surface area contributed by atoms with Crippen LogP contribution in [0.1, 0.15) is 80.6 Å². The van der Waals surface area contributed by atoms with Gasteiger partial charge < -0.3 is 20.1 Å². The van der Waals surface area contributed by atoms with Crippen LogP contribution in [-0.4, -0.2) is 51.6 Å². The molecule has 0 aromatic carbocycles. The summed E-state index contributed by atoms with van der Waals surface area (Å²) >= 11 is 0. The highest BCUT2D eigenvalue weighted by molar-refractivity contribution is 5.95. The molecule has 4 aliphatic carbocycles. The monoisotopic (exact) mass is 486 g/mol. The molecule has 0 spiro atoms. The molecule has 5 aliphatic rings. The summed E-state index contributed by atoms with van der Waals surface area (Å²) in [7, 11) is 0. The van der Waals surface area contributed by atoms with Crippen LogP contribution in [0, 0.1) is 45.3 Å². The first-order valence-electron chi connectivity index (χ1n) is 13.7. The first kappa shape index (κ1) is 25.6. The second-order valence-electron chi connectivity index (χ2n) is 14.3. The topological polar surface area (TPSA) is 87.0 Å². The van der Waals surface area contributed by atoms with Crippen LogP contribution in [0.15, 0.2) is 23.8 Å². The van der Waals surface area contributed by atoms with Gasteiger partial charge in [0.1, 0.15) is 6.10 Å². The Morgan fingerprint density at radius 3 is 2.37 bits per heavy atom. The van der Waals surface area contributed by atoms with Gasteiger partial charge in [0.15, 0.2) is 5.78 Å². The van der Waals surface area contributed by atoms with E-state index >= 15 is 0 Å². The molecule has 0 aromatic rings. The van der Waals surface area contributed by atoms with Crippen LogP contribution < -0.4 is 0 Å². The highest BCUT2D eigenvalue weighted by Gasteiger charge is 2.67. The number of aliphatic hydroxyl groups is 3. The lowest BCUT2D eigenvalue weighted by Gasteiger charge is -2.66. The van der Waals surface area contributed by atoms with E-state index in [9.17, 15) is 20.1 Å². The smallest absolute Gasteiger partial charge is 0.161 e. The molecule has 0 aromatic heterocycles. The Hall–Kier alpha value is -1.01. The number of ether oxygens (including phenoxy) is 1. The largest absolute Gasteiger partial charge is 0.392 e. The number of carbonyl (C=O) groups excluding carboxylic acids is 1. The predicted molar refractivity (Wildman–Crippen MR) is 135 cm³/mol. The summed E-state index contributed by atoms with van der Waals surface area (Å²) in [6, 6.07) is 0. The molecule has 0 radical (unpaired) electrons. The van der Waals surface area contributed by atoms with Crippen molar-refractivity contribution < 1.29 is 24.9 Å². The summed E-state index contributed by atoms with van der Waals surface area (Å²) in [5.41, 5.74) is -0.659. The molecule has 5 nitrogen and oxygen atoms in total. The third-order valence-corrected chi connectivity index (χ3v) is 11.7. The molecule has 3 N–H and O–H groups in total. The van der Waals surface area contributed by atoms with Crippen LogP contribution in [0.2, 0.25) is 0 Å². The zero-order valence-corrected chi connectivity index (χ0v) is 22.7. The van der Waals surface area contributed by atoms with Gasteiger partial charge in [-0.25, -0.2) is 0 Å². The van der Waals surface area contributed by atoms with Crippen molar-refractivity contribution in [2.75, 3.05) is 6.61 Å². The summed E-state index contributed by atoms with van der Waals surface area (Å²) in [5.74, 6) is 1.15. The minimum atomic E-state index is -1.07. The van der Waals surface area contributed by atoms with Gasteiger partial charge >= 0.3 is 0 Å². The van der Waals surface area contributed by atoms with E-state index in [2.05, 4.69) is 46.8 Å². The molecule has 0 bridgehead atoms. The lowest BCUT2D eigenvalue weighted by Crippen LogP contribution is -2.64. The molecule has 1 aliphatic heterocycles. The number of rotatable bonds is 2. The van der Waals surface area contributed by atoms with Crippen molar-refractivity contribution in [2.45, 2.75) is 104 Å². The molecule has 1 heterocycles. The van der Waals surface area contributed by atoms with E-state index in [0.29, 0.717) is 25.4 Å². The molecule has 196 valence electrons. The van der Waals surface area contributed by atoms with Crippen LogP contribution in [0.5, 0.6) is 0 Å². The van der Waals surface area contributed by atoms with Crippen LogP contribution in [0.3, 0.4) is 0 Å². The molecule has 10 atom stereocenters. The summed E-state index contributed by atoms with van der Waals surface area (Å²) < 4.78 is 6.06. The quantitative estimate of drug-likeness (QED) is 0.502. The van der Waals surface area contributed by atoms with Gasteiger partial charge in [0, 0.05) is 10.8 Å². The van der Waals surface area contributed by atoms with Crippen molar-refractivity contribution in [1.82, 2.24) is 0 Å². The fourth-order valence-electron chi connectivity index (χ4n) is 9.81. The standard InChI is InChI=1S/C30H46O5/c1-26(2)22-15-24(33)30(7)20-9-8-18(17-14-19(31)25(35-16-17)27(3,4)34)28(20,5)12-10-21(30)29(22,6)13-11-23(26)32/h9,11,13,17-19,21-22,24-25,31,33-34H,8,10,12,14-16H2,1-7H3. The zero-order chi connectivity index (χ0) is 25.8. The van der Waals surface area contributed by atoms with Crippen molar-refractivity contribution in [2.24, 2.45) is 45.3 Å². The Kier molecular flexibility index (Phi) is 5.68. The fourth-order valence-corrected chi connectivity index (χ4v) is 9.81. The molecule has 1 saturated heterocycles. The van der Waals surface area contributed by atoms with E-state index in [0.717, 1.165) is 19.3 Å². The lowest BCUT2D eigenvalue weighted by atomic mass is 9.38. The van der Waals surface area contributed by atoms with Gasteiger partial charge in [-0.15, -0.1) is 0 Å². The van der Waals surface area contributed by atoms with Crippen LogP contribution >= 0.6 is 0 Å². The summed E-state index contributed by atoms with van der Waals surface area (Å²) in [5, 5.41) is 33.1. The fraction of sp³-hybridized carbons (Fsp3) is 0.833.